The van der Waals surface area contributed by atoms with Crippen LogP contribution in [0.4, 0.5) is 5.69 Å². The third kappa shape index (κ3) is 5.12. The van der Waals surface area contributed by atoms with Crippen LogP contribution < -0.4 is 10.1 Å². The Labute approximate surface area is 105 Å². The Kier molecular flexibility index (Phi) is 6.53. The van der Waals surface area contributed by atoms with Crippen molar-refractivity contribution < 1.29 is 4.74 Å². The molecule has 0 aliphatic heterocycles. The fourth-order valence-electron chi connectivity index (χ4n) is 1.87. The maximum atomic E-state index is 5.47. The first kappa shape index (κ1) is 13.9. The first-order chi connectivity index (χ1) is 8.27. The number of anilines is 1. The Balaban J connectivity index is 2.38. The van der Waals surface area contributed by atoms with Gasteiger partial charge in [-0.2, -0.15) is 0 Å². The van der Waals surface area contributed by atoms with Crippen LogP contribution in [0.15, 0.2) is 18.2 Å². The Hall–Kier alpha value is -1.18. The maximum Gasteiger partial charge on any atom is 0.119 e. The van der Waals surface area contributed by atoms with Gasteiger partial charge in [-0.1, -0.05) is 26.2 Å². The highest BCUT2D eigenvalue weighted by molar-refractivity contribution is 5.53. The molecule has 0 aliphatic rings. The van der Waals surface area contributed by atoms with Crippen molar-refractivity contribution in [2.24, 2.45) is 0 Å². The van der Waals surface area contributed by atoms with Crippen LogP contribution in [0.3, 0.4) is 0 Å². The van der Waals surface area contributed by atoms with Crippen LogP contribution in [0.2, 0.25) is 0 Å². The minimum atomic E-state index is 0.725. The van der Waals surface area contributed by atoms with Crippen molar-refractivity contribution in [3.63, 3.8) is 0 Å². The van der Waals surface area contributed by atoms with Gasteiger partial charge in [0, 0.05) is 12.2 Å². The van der Waals surface area contributed by atoms with E-state index in [9.17, 15) is 0 Å². The lowest BCUT2D eigenvalue weighted by molar-refractivity contribution is 0.340. The molecule has 0 saturated heterocycles. The lowest BCUT2D eigenvalue weighted by Gasteiger charge is -2.11. The lowest BCUT2D eigenvalue weighted by Crippen LogP contribution is -2.03. The van der Waals surface area contributed by atoms with Gasteiger partial charge >= 0.3 is 0 Å². The molecule has 1 rings (SSSR count). The quantitative estimate of drug-likeness (QED) is 0.675. The molecular formula is C15H25NO. The van der Waals surface area contributed by atoms with E-state index in [0.717, 1.165) is 18.9 Å². The van der Waals surface area contributed by atoms with Gasteiger partial charge in [0.1, 0.15) is 5.75 Å². The molecule has 1 N–H and O–H groups in total. The Morgan fingerprint density at radius 3 is 2.59 bits per heavy atom. The fourth-order valence-corrected chi connectivity index (χ4v) is 1.87. The van der Waals surface area contributed by atoms with Gasteiger partial charge in [0.25, 0.3) is 0 Å². The van der Waals surface area contributed by atoms with Crippen molar-refractivity contribution in [2.75, 3.05) is 18.5 Å². The van der Waals surface area contributed by atoms with Gasteiger partial charge in [0.05, 0.1) is 6.61 Å². The summed E-state index contributed by atoms with van der Waals surface area (Å²) < 4.78 is 5.47. The van der Waals surface area contributed by atoms with Crippen molar-refractivity contribution in [1.82, 2.24) is 0 Å². The number of nitrogens with one attached hydrogen (secondary N) is 1. The van der Waals surface area contributed by atoms with Gasteiger partial charge < -0.3 is 10.1 Å². The van der Waals surface area contributed by atoms with E-state index in [1.165, 1.54) is 36.9 Å². The lowest BCUT2D eigenvalue weighted by atomic mass is 10.1. The molecule has 0 radical (unpaired) electrons. The van der Waals surface area contributed by atoms with Gasteiger partial charge in [-0.15, -0.1) is 0 Å². The first-order valence-corrected chi connectivity index (χ1v) is 6.75. The summed E-state index contributed by atoms with van der Waals surface area (Å²) in [4.78, 5) is 0. The first-order valence-electron chi connectivity index (χ1n) is 6.75. The van der Waals surface area contributed by atoms with E-state index in [0.29, 0.717) is 0 Å². The van der Waals surface area contributed by atoms with Crippen LogP contribution in [0.25, 0.3) is 0 Å². The number of hydrogen-bond acceptors (Lipinski definition) is 2. The van der Waals surface area contributed by atoms with Crippen molar-refractivity contribution in [2.45, 2.75) is 46.5 Å². The standard InChI is InChI=1S/C15H25NO/c1-4-6-7-8-11-16-15-10-9-14(17-5-2)12-13(15)3/h9-10,12,16H,4-8,11H2,1-3H3. The van der Waals surface area contributed by atoms with Crippen LogP contribution in [0.5, 0.6) is 5.75 Å². The number of ether oxygens (including phenoxy) is 1. The second-order valence-corrected chi connectivity index (χ2v) is 4.40. The van der Waals surface area contributed by atoms with E-state index < -0.39 is 0 Å². The molecule has 0 aliphatic carbocycles. The molecule has 0 spiro atoms. The summed E-state index contributed by atoms with van der Waals surface area (Å²) in [6.07, 6.45) is 5.20. The van der Waals surface area contributed by atoms with Gasteiger partial charge in [-0.25, -0.2) is 0 Å². The van der Waals surface area contributed by atoms with Gasteiger partial charge in [0.2, 0.25) is 0 Å². The number of benzene rings is 1. The molecule has 2 heteroatoms. The zero-order chi connectivity index (χ0) is 12.5. The van der Waals surface area contributed by atoms with E-state index in [1.54, 1.807) is 0 Å². The SMILES string of the molecule is CCCCCCNc1ccc(OCC)cc1C. The van der Waals surface area contributed by atoms with E-state index in [2.05, 4.69) is 31.3 Å². The summed E-state index contributed by atoms with van der Waals surface area (Å²) in [6, 6.07) is 6.24. The number of aryl methyl sites for hydroxylation is 1. The highest BCUT2D eigenvalue weighted by Gasteiger charge is 1.99. The summed E-state index contributed by atoms with van der Waals surface area (Å²) in [5.41, 5.74) is 2.48. The van der Waals surface area contributed by atoms with Crippen LogP contribution in [0, 0.1) is 6.92 Å². The van der Waals surface area contributed by atoms with Crippen molar-refractivity contribution in [3.8, 4) is 5.75 Å². The van der Waals surface area contributed by atoms with E-state index >= 15 is 0 Å². The monoisotopic (exact) mass is 235 g/mol. The van der Waals surface area contributed by atoms with Crippen LogP contribution >= 0.6 is 0 Å². The highest BCUT2D eigenvalue weighted by Crippen LogP contribution is 2.21. The maximum absolute atomic E-state index is 5.47. The normalized spacial score (nSPS) is 10.3. The summed E-state index contributed by atoms with van der Waals surface area (Å²) in [5.74, 6) is 0.960. The second-order valence-electron chi connectivity index (χ2n) is 4.40. The van der Waals surface area contributed by atoms with Crippen molar-refractivity contribution in [3.05, 3.63) is 23.8 Å². The molecule has 0 unspecified atom stereocenters. The predicted octanol–water partition coefficient (Wildman–Crippen LogP) is 4.39. The molecular weight excluding hydrogens is 210 g/mol. The molecule has 1 aromatic rings. The van der Waals surface area contributed by atoms with Crippen LogP contribution in [-0.4, -0.2) is 13.2 Å². The van der Waals surface area contributed by atoms with E-state index in [-0.39, 0.29) is 0 Å². The number of hydrogen-bond donors (Lipinski definition) is 1. The highest BCUT2D eigenvalue weighted by atomic mass is 16.5. The summed E-state index contributed by atoms with van der Waals surface area (Å²) in [6.45, 7) is 8.16. The van der Waals surface area contributed by atoms with Crippen LogP contribution in [-0.2, 0) is 0 Å². The average Bonchev–Trinajstić information content (AvgIpc) is 2.32. The third-order valence-electron chi connectivity index (χ3n) is 2.85. The van der Waals surface area contributed by atoms with Gasteiger partial charge in [0.15, 0.2) is 0 Å². The molecule has 0 saturated carbocycles. The molecule has 0 amide bonds. The van der Waals surface area contributed by atoms with Gasteiger partial charge in [-0.3, -0.25) is 0 Å². The van der Waals surface area contributed by atoms with E-state index in [1.807, 2.05) is 13.0 Å². The van der Waals surface area contributed by atoms with Crippen molar-refractivity contribution >= 4 is 5.69 Å². The predicted molar refractivity (Wildman–Crippen MR) is 75.0 cm³/mol. The molecule has 1 aromatic carbocycles. The Morgan fingerprint density at radius 1 is 1.12 bits per heavy atom. The number of unbranched alkanes of at least 4 members (excludes halogenated alkanes) is 3. The summed E-state index contributed by atoms with van der Waals surface area (Å²) in [7, 11) is 0. The Morgan fingerprint density at radius 2 is 1.94 bits per heavy atom. The molecule has 0 fully saturated rings. The van der Waals surface area contributed by atoms with E-state index in [4.69, 9.17) is 4.74 Å². The molecule has 0 atom stereocenters. The minimum Gasteiger partial charge on any atom is -0.494 e. The largest absolute Gasteiger partial charge is 0.494 e. The Bertz CT molecular complexity index is 323. The molecule has 0 aromatic heterocycles. The van der Waals surface area contributed by atoms with Crippen molar-refractivity contribution in [1.29, 1.82) is 0 Å². The zero-order valence-corrected chi connectivity index (χ0v) is 11.4. The fraction of sp³-hybridized carbons (Fsp3) is 0.600. The average molecular weight is 235 g/mol. The molecule has 17 heavy (non-hydrogen) atoms. The van der Waals surface area contributed by atoms with Crippen LogP contribution in [0.1, 0.15) is 45.1 Å². The topological polar surface area (TPSA) is 21.3 Å². The summed E-state index contributed by atoms with van der Waals surface area (Å²) in [5, 5.41) is 3.49. The van der Waals surface area contributed by atoms with Gasteiger partial charge in [-0.05, 0) is 44.0 Å². The zero-order valence-electron chi connectivity index (χ0n) is 11.4. The molecule has 96 valence electrons. The molecule has 0 bridgehead atoms. The second kappa shape index (κ2) is 7.99. The molecule has 2 nitrogen and oxygen atoms in total. The minimum absolute atomic E-state index is 0.725. The smallest absolute Gasteiger partial charge is 0.119 e. The summed E-state index contributed by atoms with van der Waals surface area (Å²) >= 11 is 0. The third-order valence-corrected chi connectivity index (χ3v) is 2.85. The molecule has 0 heterocycles. The number of rotatable bonds is 8.